The van der Waals surface area contributed by atoms with Gasteiger partial charge in [-0.2, -0.15) is 0 Å². The molecule has 0 aromatic heterocycles. The monoisotopic (exact) mass is 276 g/mol. The number of urea groups is 1. The SMILES string of the molecule is CN(CC(C)(C)O)C(=O)Nc1cc(F)c(F)cc1F. The van der Waals surface area contributed by atoms with Crippen LogP contribution in [0.2, 0.25) is 0 Å². The first-order chi connectivity index (χ1) is 8.60. The van der Waals surface area contributed by atoms with Crippen LogP contribution in [-0.2, 0) is 0 Å². The molecule has 0 radical (unpaired) electrons. The zero-order valence-electron chi connectivity index (χ0n) is 10.8. The van der Waals surface area contributed by atoms with Crippen LogP contribution in [0.15, 0.2) is 12.1 Å². The van der Waals surface area contributed by atoms with E-state index in [0.717, 1.165) is 4.90 Å². The number of carbonyl (C=O) groups is 1. The summed E-state index contributed by atoms with van der Waals surface area (Å²) >= 11 is 0. The molecule has 2 amide bonds. The predicted octanol–water partition coefficient (Wildman–Crippen LogP) is 2.34. The normalized spacial score (nSPS) is 11.3. The summed E-state index contributed by atoms with van der Waals surface area (Å²) in [6.45, 7) is 2.98. The molecule has 1 rings (SSSR count). The van der Waals surface area contributed by atoms with Gasteiger partial charge in [0.25, 0.3) is 0 Å². The number of carbonyl (C=O) groups excluding carboxylic acids is 1. The number of likely N-dealkylation sites (N-methyl/N-ethyl adjacent to an activating group) is 1. The smallest absolute Gasteiger partial charge is 0.321 e. The van der Waals surface area contributed by atoms with E-state index in [0.29, 0.717) is 12.1 Å². The molecule has 7 heteroatoms. The van der Waals surface area contributed by atoms with E-state index in [4.69, 9.17) is 0 Å². The third kappa shape index (κ3) is 4.44. The second-order valence-corrected chi connectivity index (χ2v) is 4.84. The molecule has 0 atom stereocenters. The number of amides is 2. The standard InChI is InChI=1S/C12H15F3N2O2/c1-12(2,19)6-17(3)11(18)16-10-5-8(14)7(13)4-9(10)15/h4-5,19H,6H2,1-3H3,(H,16,18). The van der Waals surface area contributed by atoms with E-state index in [9.17, 15) is 23.1 Å². The quantitative estimate of drug-likeness (QED) is 0.833. The summed E-state index contributed by atoms with van der Waals surface area (Å²) in [5.41, 5.74) is -1.59. The second kappa shape index (κ2) is 5.48. The molecule has 0 bridgehead atoms. The molecule has 0 aliphatic heterocycles. The lowest BCUT2D eigenvalue weighted by molar-refractivity contribution is 0.0550. The van der Waals surface area contributed by atoms with Gasteiger partial charge in [0.15, 0.2) is 11.6 Å². The Morgan fingerprint density at radius 3 is 2.32 bits per heavy atom. The first-order valence-corrected chi connectivity index (χ1v) is 5.49. The molecule has 0 aliphatic carbocycles. The van der Waals surface area contributed by atoms with Crippen LogP contribution >= 0.6 is 0 Å². The first kappa shape index (κ1) is 15.3. The Morgan fingerprint density at radius 1 is 1.26 bits per heavy atom. The summed E-state index contributed by atoms with van der Waals surface area (Å²) in [6, 6.07) is 0.161. The van der Waals surface area contributed by atoms with Crippen LogP contribution in [0.4, 0.5) is 23.7 Å². The van der Waals surface area contributed by atoms with Gasteiger partial charge in [0.05, 0.1) is 17.8 Å². The third-order valence-corrected chi connectivity index (χ3v) is 2.22. The van der Waals surface area contributed by atoms with Gasteiger partial charge in [-0.05, 0) is 13.8 Å². The molecular formula is C12H15F3N2O2. The molecule has 0 fully saturated rings. The Labute approximate surface area is 108 Å². The fourth-order valence-corrected chi connectivity index (χ4v) is 1.48. The Kier molecular flexibility index (Phi) is 4.41. The number of halogens is 3. The highest BCUT2D eigenvalue weighted by atomic mass is 19.2. The minimum Gasteiger partial charge on any atom is -0.389 e. The maximum absolute atomic E-state index is 13.3. The molecule has 0 spiro atoms. The Bertz CT molecular complexity index is 487. The molecule has 0 saturated carbocycles. The molecule has 0 heterocycles. The number of rotatable bonds is 3. The van der Waals surface area contributed by atoms with Crippen molar-refractivity contribution in [3.05, 3.63) is 29.6 Å². The molecule has 0 saturated heterocycles. The maximum atomic E-state index is 13.3. The number of nitrogens with zero attached hydrogens (tertiary/aromatic N) is 1. The molecule has 2 N–H and O–H groups in total. The van der Waals surface area contributed by atoms with Gasteiger partial charge in [-0.3, -0.25) is 0 Å². The van der Waals surface area contributed by atoms with Gasteiger partial charge in [-0.1, -0.05) is 0 Å². The van der Waals surface area contributed by atoms with Gasteiger partial charge in [0.1, 0.15) is 5.82 Å². The number of aliphatic hydroxyl groups is 1. The first-order valence-electron chi connectivity index (χ1n) is 5.49. The van der Waals surface area contributed by atoms with E-state index in [-0.39, 0.29) is 6.54 Å². The largest absolute Gasteiger partial charge is 0.389 e. The van der Waals surface area contributed by atoms with Crippen LogP contribution < -0.4 is 5.32 Å². The fraction of sp³-hybridized carbons (Fsp3) is 0.417. The van der Waals surface area contributed by atoms with Crippen molar-refractivity contribution in [3.63, 3.8) is 0 Å². The van der Waals surface area contributed by atoms with Crippen LogP contribution in [0.1, 0.15) is 13.8 Å². The van der Waals surface area contributed by atoms with Crippen molar-refractivity contribution in [2.24, 2.45) is 0 Å². The van der Waals surface area contributed by atoms with Crippen molar-refractivity contribution >= 4 is 11.7 Å². The van der Waals surface area contributed by atoms with Crippen LogP contribution in [0, 0.1) is 17.5 Å². The van der Waals surface area contributed by atoms with E-state index in [1.54, 1.807) is 0 Å². The van der Waals surface area contributed by atoms with E-state index >= 15 is 0 Å². The van der Waals surface area contributed by atoms with Crippen LogP contribution in [-0.4, -0.2) is 35.2 Å². The molecular weight excluding hydrogens is 261 g/mol. The van der Waals surface area contributed by atoms with Gasteiger partial charge in [0.2, 0.25) is 0 Å². The Hall–Kier alpha value is -1.76. The molecule has 106 valence electrons. The Morgan fingerprint density at radius 2 is 1.79 bits per heavy atom. The zero-order chi connectivity index (χ0) is 14.8. The number of hydrogen-bond acceptors (Lipinski definition) is 2. The van der Waals surface area contributed by atoms with Gasteiger partial charge >= 0.3 is 6.03 Å². The highest BCUT2D eigenvalue weighted by Crippen LogP contribution is 2.19. The molecule has 0 aliphatic rings. The van der Waals surface area contributed by atoms with Crippen LogP contribution in [0.25, 0.3) is 0 Å². The lowest BCUT2D eigenvalue weighted by atomic mass is 10.1. The highest BCUT2D eigenvalue weighted by Gasteiger charge is 2.20. The number of nitrogens with one attached hydrogen (secondary N) is 1. The number of hydrogen-bond donors (Lipinski definition) is 2. The van der Waals surface area contributed by atoms with E-state index in [2.05, 4.69) is 5.32 Å². The summed E-state index contributed by atoms with van der Waals surface area (Å²) in [7, 11) is 1.38. The summed E-state index contributed by atoms with van der Waals surface area (Å²) in [6.07, 6.45) is 0. The molecule has 4 nitrogen and oxygen atoms in total. The Balaban J connectivity index is 2.80. The van der Waals surface area contributed by atoms with Crippen LogP contribution in [0.3, 0.4) is 0 Å². The van der Waals surface area contributed by atoms with E-state index in [1.165, 1.54) is 20.9 Å². The van der Waals surface area contributed by atoms with Gasteiger partial charge in [-0.15, -0.1) is 0 Å². The van der Waals surface area contributed by atoms with Crippen LogP contribution in [0.5, 0.6) is 0 Å². The lowest BCUT2D eigenvalue weighted by Gasteiger charge is -2.25. The van der Waals surface area contributed by atoms with Crippen molar-refractivity contribution < 1.29 is 23.1 Å². The summed E-state index contributed by atoms with van der Waals surface area (Å²) in [5.74, 6) is -3.67. The maximum Gasteiger partial charge on any atom is 0.321 e. The van der Waals surface area contributed by atoms with Gasteiger partial charge < -0.3 is 15.3 Å². The van der Waals surface area contributed by atoms with Gasteiger partial charge in [-0.25, -0.2) is 18.0 Å². The summed E-state index contributed by atoms with van der Waals surface area (Å²) in [5, 5.41) is 11.6. The second-order valence-electron chi connectivity index (χ2n) is 4.84. The minimum atomic E-state index is -1.33. The average Bonchev–Trinajstić information content (AvgIpc) is 2.23. The topological polar surface area (TPSA) is 52.6 Å². The van der Waals surface area contributed by atoms with E-state index < -0.39 is 34.8 Å². The van der Waals surface area contributed by atoms with E-state index in [1.807, 2.05) is 0 Å². The lowest BCUT2D eigenvalue weighted by Crippen LogP contribution is -2.41. The number of benzene rings is 1. The third-order valence-electron chi connectivity index (χ3n) is 2.22. The fourth-order valence-electron chi connectivity index (χ4n) is 1.48. The molecule has 1 aromatic rings. The van der Waals surface area contributed by atoms with Gasteiger partial charge in [0, 0.05) is 19.2 Å². The number of anilines is 1. The molecule has 0 unspecified atom stereocenters. The molecule has 19 heavy (non-hydrogen) atoms. The highest BCUT2D eigenvalue weighted by molar-refractivity contribution is 5.89. The van der Waals surface area contributed by atoms with Crippen molar-refractivity contribution in [3.8, 4) is 0 Å². The minimum absolute atomic E-state index is 0.00979. The zero-order valence-corrected chi connectivity index (χ0v) is 10.8. The average molecular weight is 276 g/mol. The predicted molar refractivity (Wildman–Crippen MR) is 64.3 cm³/mol. The van der Waals surface area contributed by atoms with Crippen molar-refractivity contribution in [1.29, 1.82) is 0 Å². The van der Waals surface area contributed by atoms with Crippen molar-refractivity contribution in [2.45, 2.75) is 19.4 Å². The molecule has 1 aromatic carbocycles. The summed E-state index contributed by atoms with van der Waals surface area (Å²) in [4.78, 5) is 12.8. The summed E-state index contributed by atoms with van der Waals surface area (Å²) < 4.78 is 38.9. The van der Waals surface area contributed by atoms with Crippen molar-refractivity contribution in [1.82, 2.24) is 4.90 Å². The van der Waals surface area contributed by atoms with Crippen molar-refractivity contribution in [2.75, 3.05) is 18.9 Å².